The number of rotatable bonds is 7. The molecule has 0 fully saturated rings. The van der Waals surface area contributed by atoms with Crippen LogP contribution in [0.15, 0.2) is 10.1 Å². The molecule has 6 heteroatoms. The van der Waals surface area contributed by atoms with Gasteiger partial charge in [0.05, 0.1) is 12.3 Å². The molecule has 0 heterocycles. The third-order valence-corrected chi connectivity index (χ3v) is 1.66. The first-order valence-corrected chi connectivity index (χ1v) is 4.62. The van der Waals surface area contributed by atoms with Crippen LogP contribution in [0, 0.1) is 5.53 Å². The molecule has 0 aromatic carbocycles. The lowest BCUT2D eigenvalue weighted by atomic mass is 10.3. The molecule has 0 aliphatic carbocycles. The second-order valence-corrected chi connectivity index (χ2v) is 2.91. The molecule has 1 unspecified atom stereocenters. The highest BCUT2D eigenvalue weighted by molar-refractivity contribution is 6.31. The largest absolute Gasteiger partial charge is 0.315 e. The average molecular weight is 206 g/mol. The second-order valence-electron chi connectivity index (χ2n) is 2.44. The Hall–Kier alpha value is -0.520. The maximum Gasteiger partial charge on any atom is 0.120 e. The van der Waals surface area contributed by atoms with Gasteiger partial charge in [0, 0.05) is 6.54 Å². The SMILES string of the molecule is CCNCCN=C(CN=N)C(N)Cl. The minimum Gasteiger partial charge on any atom is -0.315 e. The summed E-state index contributed by atoms with van der Waals surface area (Å²) < 4.78 is 0. The molecule has 0 saturated heterocycles. The van der Waals surface area contributed by atoms with Gasteiger partial charge in [0.25, 0.3) is 0 Å². The predicted molar refractivity (Wildman–Crippen MR) is 54.7 cm³/mol. The smallest absolute Gasteiger partial charge is 0.120 e. The molecular formula is C7H16ClN5. The van der Waals surface area contributed by atoms with E-state index in [-0.39, 0.29) is 6.54 Å². The average Bonchev–Trinajstić information content (AvgIpc) is 2.10. The summed E-state index contributed by atoms with van der Waals surface area (Å²) in [5.74, 6) is 0. The maximum absolute atomic E-state index is 6.66. The van der Waals surface area contributed by atoms with E-state index in [9.17, 15) is 0 Å². The Balaban J connectivity index is 3.81. The summed E-state index contributed by atoms with van der Waals surface area (Å²) in [5, 5.41) is 6.31. The fraction of sp³-hybridized carbons (Fsp3) is 0.857. The molecule has 5 nitrogen and oxygen atoms in total. The Labute approximate surface area is 83.3 Å². The number of nitrogens with two attached hydrogens (primary N) is 1. The molecule has 0 bridgehead atoms. The molecule has 0 radical (unpaired) electrons. The van der Waals surface area contributed by atoms with Crippen LogP contribution in [0.4, 0.5) is 0 Å². The number of aliphatic imine (C=N–C) groups is 1. The lowest BCUT2D eigenvalue weighted by Gasteiger charge is -2.05. The van der Waals surface area contributed by atoms with Gasteiger partial charge >= 0.3 is 0 Å². The van der Waals surface area contributed by atoms with Gasteiger partial charge in [-0.15, -0.1) is 0 Å². The molecule has 0 aromatic heterocycles. The van der Waals surface area contributed by atoms with Crippen LogP contribution in [0.25, 0.3) is 0 Å². The van der Waals surface area contributed by atoms with Crippen molar-refractivity contribution in [1.82, 2.24) is 5.32 Å². The van der Waals surface area contributed by atoms with Gasteiger partial charge < -0.3 is 11.1 Å². The molecule has 0 aromatic rings. The zero-order chi connectivity index (χ0) is 10.1. The van der Waals surface area contributed by atoms with E-state index >= 15 is 0 Å². The normalized spacial score (nSPS) is 14.2. The molecule has 76 valence electrons. The third kappa shape index (κ3) is 6.62. The molecule has 13 heavy (non-hydrogen) atoms. The van der Waals surface area contributed by atoms with Crippen molar-refractivity contribution in [3.8, 4) is 0 Å². The molecule has 0 aliphatic rings. The Bertz CT molecular complexity index is 168. The summed E-state index contributed by atoms with van der Waals surface area (Å²) in [4.78, 5) is 4.13. The zero-order valence-corrected chi connectivity index (χ0v) is 8.51. The zero-order valence-electron chi connectivity index (χ0n) is 7.76. The number of likely N-dealkylation sites (N-methyl/N-ethyl adjacent to an activating group) is 1. The number of nitrogens with zero attached hydrogens (tertiary/aromatic N) is 2. The second kappa shape index (κ2) is 8.10. The van der Waals surface area contributed by atoms with Crippen LogP contribution in [0.1, 0.15) is 6.92 Å². The van der Waals surface area contributed by atoms with Gasteiger partial charge in [-0.05, 0) is 6.54 Å². The summed E-state index contributed by atoms with van der Waals surface area (Å²) in [6, 6.07) is 0. The first kappa shape index (κ1) is 12.5. The monoisotopic (exact) mass is 205 g/mol. The molecular weight excluding hydrogens is 190 g/mol. The number of hydrogen-bond acceptors (Lipinski definition) is 5. The fourth-order valence-corrected chi connectivity index (χ4v) is 0.899. The molecule has 0 aliphatic heterocycles. The lowest BCUT2D eigenvalue weighted by Crippen LogP contribution is -2.28. The van der Waals surface area contributed by atoms with Crippen molar-refractivity contribution in [2.24, 2.45) is 15.8 Å². The van der Waals surface area contributed by atoms with E-state index in [1.807, 2.05) is 6.92 Å². The van der Waals surface area contributed by atoms with Crippen LogP contribution >= 0.6 is 11.6 Å². The summed E-state index contributed by atoms with van der Waals surface area (Å²) in [5.41, 5.74) is 12.0. The fourth-order valence-electron chi connectivity index (χ4n) is 0.761. The minimum atomic E-state index is -0.629. The van der Waals surface area contributed by atoms with Gasteiger partial charge in [0.1, 0.15) is 12.0 Å². The number of alkyl halides is 1. The van der Waals surface area contributed by atoms with Gasteiger partial charge in [0.2, 0.25) is 0 Å². The van der Waals surface area contributed by atoms with Crippen molar-refractivity contribution < 1.29 is 0 Å². The standard InChI is InChI=1S/C7H16ClN5/c1-2-11-3-4-12-6(5-13-10)7(8)9/h7,10-11H,2-5,9H2,1H3. The van der Waals surface area contributed by atoms with Crippen molar-refractivity contribution in [2.75, 3.05) is 26.2 Å². The van der Waals surface area contributed by atoms with Crippen molar-refractivity contribution in [2.45, 2.75) is 12.4 Å². The van der Waals surface area contributed by atoms with Gasteiger partial charge in [-0.1, -0.05) is 18.5 Å². The van der Waals surface area contributed by atoms with E-state index in [1.165, 1.54) is 0 Å². The molecule has 0 amide bonds. The topological polar surface area (TPSA) is 86.6 Å². The van der Waals surface area contributed by atoms with Gasteiger partial charge in [-0.3, -0.25) is 4.99 Å². The van der Waals surface area contributed by atoms with E-state index < -0.39 is 5.50 Å². The molecule has 0 saturated carbocycles. The van der Waals surface area contributed by atoms with Crippen LogP contribution in [0.5, 0.6) is 0 Å². The van der Waals surface area contributed by atoms with Crippen molar-refractivity contribution in [1.29, 1.82) is 5.53 Å². The Morgan fingerprint density at radius 3 is 2.85 bits per heavy atom. The van der Waals surface area contributed by atoms with Crippen LogP contribution in [0.2, 0.25) is 0 Å². The van der Waals surface area contributed by atoms with Crippen molar-refractivity contribution in [3.05, 3.63) is 0 Å². The maximum atomic E-state index is 6.66. The summed E-state index contributed by atoms with van der Waals surface area (Å²) in [7, 11) is 0. The molecule has 0 spiro atoms. The van der Waals surface area contributed by atoms with Crippen LogP contribution in [-0.2, 0) is 0 Å². The van der Waals surface area contributed by atoms with Crippen molar-refractivity contribution >= 4 is 17.3 Å². The highest BCUT2D eigenvalue weighted by Crippen LogP contribution is 1.92. The van der Waals surface area contributed by atoms with Crippen LogP contribution in [0.3, 0.4) is 0 Å². The van der Waals surface area contributed by atoms with Crippen LogP contribution < -0.4 is 11.1 Å². The number of halogens is 1. The minimum absolute atomic E-state index is 0.191. The van der Waals surface area contributed by atoms with E-state index in [2.05, 4.69) is 15.4 Å². The lowest BCUT2D eigenvalue weighted by molar-refractivity contribution is 0.724. The van der Waals surface area contributed by atoms with Crippen LogP contribution in [-0.4, -0.2) is 37.4 Å². The van der Waals surface area contributed by atoms with E-state index in [4.69, 9.17) is 22.9 Å². The summed E-state index contributed by atoms with van der Waals surface area (Å²) in [6.07, 6.45) is 0. The summed E-state index contributed by atoms with van der Waals surface area (Å²) >= 11 is 5.62. The highest BCUT2D eigenvalue weighted by atomic mass is 35.5. The predicted octanol–water partition coefficient (Wildman–Crippen LogP) is 0.591. The number of nitrogens with one attached hydrogen (secondary N) is 2. The third-order valence-electron chi connectivity index (χ3n) is 1.41. The molecule has 4 N–H and O–H groups in total. The Kier molecular flexibility index (Phi) is 7.77. The molecule has 1 atom stereocenters. The Morgan fingerprint density at radius 1 is 1.69 bits per heavy atom. The van der Waals surface area contributed by atoms with E-state index in [0.29, 0.717) is 12.3 Å². The van der Waals surface area contributed by atoms with Gasteiger partial charge in [-0.25, -0.2) is 5.53 Å². The highest BCUT2D eigenvalue weighted by Gasteiger charge is 2.05. The number of hydrogen-bond donors (Lipinski definition) is 3. The summed E-state index contributed by atoms with van der Waals surface area (Å²) in [6.45, 7) is 4.55. The van der Waals surface area contributed by atoms with E-state index in [1.54, 1.807) is 0 Å². The van der Waals surface area contributed by atoms with Crippen molar-refractivity contribution in [3.63, 3.8) is 0 Å². The molecule has 0 rings (SSSR count). The first-order chi connectivity index (χ1) is 6.22. The first-order valence-electron chi connectivity index (χ1n) is 4.19. The Morgan fingerprint density at radius 2 is 2.38 bits per heavy atom. The van der Waals surface area contributed by atoms with Gasteiger partial charge in [0.15, 0.2) is 0 Å². The van der Waals surface area contributed by atoms with E-state index in [0.717, 1.165) is 13.1 Å². The van der Waals surface area contributed by atoms with Gasteiger partial charge in [-0.2, -0.15) is 5.11 Å². The quantitative estimate of drug-likeness (QED) is 0.187.